The number of benzene rings is 1. The molecule has 0 aliphatic carbocycles. The molecule has 2 aliphatic heterocycles. The number of ether oxygens (including phenoxy) is 2. The number of aliphatic hydroxyl groups is 1. The first-order chi connectivity index (χ1) is 11.9. The highest BCUT2D eigenvalue weighted by Crippen LogP contribution is 2.43. The van der Waals surface area contributed by atoms with Crippen LogP contribution in [0.15, 0.2) is 18.2 Å². The summed E-state index contributed by atoms with van der Waals surface area (Å²) in [7, 11) is 0. The van der Waals surface area contributed by atoms with Gasteiger partial charge in [-0.25, -0.2) is 4.79 Å². The van der Waals surface area contributed by atoms with Gasteiger partial charge in [0.15, 0.2) is 11.5 Å². The number of nitrogens with zero attached hydrogens (tertiary/aromatic N) is 1. The summed E-state index contributed by atoms with van der Waals surface area (Å²) in [5, 5.41) is 13.1. The van der Waals surface area contributed by atoms with Gasteiger partial charge in [0, 0.05) is 37.7 Å². The lowest BCUT2D eigenvalue weighted by atomic mass is 9.98. The van der Waals surface area contributed by atoms with Gasteiger partial charge < -0.3 is 24.8 Å². The van der Waals surface area contributed by atoms with Crippen LogP contribution in [-0.2, 0) is 0 Å². The Balaban J connectivity index is 1.66. The standard InChI is InChI=1S/C19H28N2O4/c1-4-19(5-2)24-15-8-7-14(13-16(15)25-19)20-17(22)21-11-6-9-18(3,23)10-12-21/h7-8,13,23H,4-6,9-12H2,1-3H3,(H,20,22)/t18-/m0/s1. The number of carbonyl (C=O) groups is 1. The molecule has 1 atom stereocenters. The van der Waals surface area contributed by atoms with Crippen LogP contribution in [0.4, 0.5) is 10.5 Å². The second kappa shape index (κ2) is 6.75. The first kappa shape index (κ1) is 17.9. The van der Waals surface area contributed by atoms with Gasteiger partial charge in [-0.2, -0.15) is 0 Å². The largest absolute Gasteiger partial charge is 0.448 e. The molecule has 2 N–H and O–H groups in total. The van der Waals surface area contributed by atoms with Crippen molar-refractivity contribution in [1.29, 1.82) is 0 Å². The molecule has 0 spiro atoms. The Morgan fingerprint density at radius 3 is 2.64 bits per heavy atom. The molecule has 6 nitrogen and oxygen atoms in total. The third-order valence-corrected chi connectivity index (χ3v) is 5.22. The Hall–Kier alpha value is -1.95. The van der Waals surface area contributed by atoms with Crippen molar-refractivity contribution >= 4 is 11.7 Å². The second-order valence-electron chi connectivity index (χ2n) is 7.25. The van der Waals surface area contributed by atoms with Crippen molar-refractivity contribution < 1.29 is 19.4 Å². The molecule has 1 saturated heterocycles. The fourth-order valence-electron chi connectivity index (χ4n) is 3.38. The van der Waals surface area contributed by atoms with Crippen LogP contribution in [0.3, 0.4) is 0 Å². The quantitative estimate of drug-likeness (QED) is 0.873. The smallest absolute Gasteiger partial charge is 0.321 e. The third kappa shape index (κ3) is 3.84. The number of fused-ring (bicyclic) bond motifs is 1. The van der Waals surface area contributed by atoms with Crippen molar-refractivity contribution in [1.82, 2.24) is 4.90 Å². The Morgan fingerprint density at radius 2 is 1.92 bits per heavy atom. The van der Waals surface area contributed by atoms with Gasteiger partial charge in [0.25, 0.3) is 5.79 Å². The van der Waals surface area contributed by atoms with Gasteiger partial charge in [-0.05, 0) is 38.3 Å². The molecule has 0 aromatic heterocycles. The van der Waals surface area contributed by atoms with Crippen molar-refractivity contribution in [2.24, 2.45) is 0 Å². The lowest BCUT2D eigenvalue weighted by Crippen LogP contribution is -2.37. The summed E-state index contributed by atoms with van der Waals surface area (Å²) in [4.78, 5) is 14.3. The summed E-state index contributed by atoms with van der Waals surface area (Å²) in [6, 6.07) is 5.34. The minimum absolute atomic E-state index is 0.145. The predicted octanol–water partition coefficient (Wildman–Crippen LogP) is 3.74. The molecule has 2 amide bonds. The van der Waals surface area contributed by atoms with Crippen molar-refractivity contribution in [3.05, 3.63) is 18.2 Å². The first-order valence-electron chi connectivity index (χ1n) is 9.17. The van der Waals surface area contributed by atoms with Crippen LogP contribution in [0.25, 0.3) is 0 Å². The van der Waals surface area contributed by atoms with Crippen LogP contribution in [0, 0.1) is 0 Å². The Bertz CT molecular complexity index is 640. The van der Waals surface area contributed by atoms with Gasteiger partial charge in [0.2, 0.25) is 0 Å². The van der Waals surface area contributed by atoms with Gasteiger partial charge in [-0.3, -0.25) is 0 Å². The third-order valence-electron chi connectivity index (χ3n) is 5.22. The number of hydrogen-bond donors (Lipinski definition) is 2. The van der Waals surface area contributed by atoms with Gasteiger partial charge in [-0.1, -0.05) is 13.8 Å². The molecule has 138 valence electrons. The average Bonchev–Trinajstić information content (AvgIpc) is 2.86. The van der Waals surface area contributed by atoms with E-state index < -0.39 is 11.4 Å². The second-order valence-corrected chi connectivity index (χ2v) is 7.25. The summed E-state index contributed by atoms with van der Waals surface area (Å²) < 4.78 is 11.9. The van der Waals surface area contributed by atoms with E-state index in [1.54, 1.807) is 4.90 Å². The summed E-state index contributed by atoms with van der Waals surface area (Å²) in [5.41, 5.74) is 0.00333. The van der Waals surface area contributed by atoms with Gasteiger partial charge in [-0.15, -0.1) is 0 Å². The molecule has 0 bridgehead atoms. The fraction of sp³-hybridized carbons (Fsp3) is 0.632. The normalized spacial score (nSPS) is 24.7. The molecule has 25 heavy (non-hydrogen) atoms. The zero-order valence-corrected chi connectivity index (χ0v) is 15.3. The van der Waals surface area contributed by atoms with E-state index in [0.29, 0.717) is 36.7 Å². The highest BCUT2D eigenvalue weighted by molar-refractivity contribution is 5.89. The molecular formula is C19H28N2O4. The molecule has 3 rings (SSSR count). The van der Waals surface area contributed by atoms with E-state index in [9.17, 15) is 9.90 Å². The van der Waals surface area contributed by atoms with Crippen LogP contribution < -0.4 is 14.8 Å². The SMILES string of the molecule is CCC1(CC)Oc2ccc(NC(=O)N3CCC[C@](C)(O)CC3)cc2O1. The van der Waals surface area contributed by atoms with E-state index in [0.717, 1.165) is 25.7 Å². The lowest BCUT2D eigenvalue weighted by molar-refractivity contribution is -0.0843. The van der Waals surface area contributed by atoms with Crippen molar-refractivity contribution in [2.45, 2.75) is 64.3 Å². The van der Waals surface area contributed by atoms with E-state index in [2.05, 4.69) is 5.32 Å². The van der Waals surface area contributed by atoms with E-state index in [-0.39, 0.29) is 6.03 Å². The lowest BCUT2D eigenvalue weighted by Gasteiger charge is -2.24. The maximum atomic E-state index is 12.5. The first-order valence-corrected chi connectivity index (χ1v) is 9.17. The number of hydrogen-bond acceptors (Lipinski definition) is 4. The monoisotopic (exact) mass is 348 g/mol. The summed E-state index contributed by atoms with van der Waals surface area (Å²) in [6.45, 7) is 7.11. The number of urea groups is 1. The van der Waals surface area contributed by atoms with Crippen LogP contribution in [0.2, 0.25) is 0 Å². The molecule has 2 aliphatic rings. The Morgan fingerprint density at radius 1 is 1.20 bits per heavy atom. The topological polar surface area (TPSA) is 71.0 Å². The summed E-state index contributed by atoms with van der Waals surface area (Å²) in [5.74, 6) is 0.786. The number of likely N-dealkylation sites (tertiary alicyclic amines) is 1. The van der Waals surface area contributed by atoms with E-state index >= 15 is 0 Å². The average molecular weight is 348 g/mol. The van der Waals surface area contributed by atoms with Crippen LogP contribution >= 0.6 is 0 Å². The molecule has 1 fully saturated rings. The van der Waals surface area contributed by atoms with Crippen LogP contribution in [0.1, 0.15) is 52.9 Å². The molecular weight excluding hydrogens is 320 g/mol. The van der Waals surface area contributed by atoms with Crippen LogP contribution in [0.5, 0.6) is 11.5 Å². The molecule has 0 saturated carbocycles. The summed E-state index contributed by atoms with van der Waals surface area (Å²) >= 11 is 0. The zero-order chi connectivity index (χ0) is 18.1. The molecule has 0 radical (unpaired) electrons. The van der Waals surface area contributed by atoms with Crippen molar-refractivity contribution in [3.63, 3.8) is 0 Å². The van der Waals surface area contributed by atoms with E-state index in [4.69, 9.17) is 9.47 Å². The fourth-order valence-corrected chi connectivity index (χ4v) is 3.38. The maximum absolute atomic E-state index is 12.5. The minimum Gasteiger partial charge on any atom is -0.448 e. The molecule has 0 unspecified atom stereocenters. The minimum atomic E-state index is -0.683. The van der Waals surface area contributed by atoms with Gasteiger partial charge in [0.05, 0.1) is 5.60 Å². The number of nitrogens with one attached hydrogen (secondary N) is 1. The zero-order valence-electron chi connectivity index (χ0n) is 15.3. The number of carbonyl (C=O) groups excluding carboxylic acids is 1. The Labute approximate surface area is 149 Å². The highest BCUT2D eigenvalue weighted by Gasteiger charge is 2.38. The van der Waals surface area contributed by atoms with Crippen molar-refractivity contribution in [3.8, 4) is 11.5 Å². The van der Waals surface area contributed by atoms with Gasteiger partial charge >= 0.3 is 6.03 Å². The molecule has 6 heteroatoms. The number of rotatable bonds is 3. The maximum Gasteiger partial charge on any atom is 0.321 e. The van der Waals surface area contributed by atoms with E-state index in [1.165, 1.54) is 0 Å². The van der Waals surface area contributed by atoms with Gasteiger partial charge in [0.1, 0.15) is 0 Å². The number of anilines is 1. The van der Waals surface area contributed by atoms with E-state index in [1.807, 2.05) is 39.0 Å². The van der Waals surface area contributed by atoms with Crippen LogP contribution in [-0.4, -0.2) is 40.5 Å². The molecule has 2 heterocycles. The highest BCUT2D eigenvalue weighted by atomic mass is 16.7. The molecule has 1 aromatic rings. The number of amides is 2. The molecule has 1 aromatic carbocycles. The Kier molecular flexibility index (Phi) is 4.82. The van der Waals surface area contributed by atoms with Crippen molar-refractivity contribution in [2.75, 3.05) is 18.4 Å². The predicted molar refractivity (Wildman–Crippen MR) is 96.1 cm³/mol. The summed E-state index contributed by atoms with van der Waals surface area (Å²) in [6.07, 6.45) is 3.63.